The molecular weight excluding hydrogens is 278 g/mol. The van der Waals surface area contributed by atoms with Crippen LogP contribution in [0.15, 0.2) is 17.3 Å². The van der Waals surface area contributed by atoms with Gasteiger partial charge < -0.3 is 0 Å². The van der Waals surface area contributed by atoms with Gasteiger partial charge >= 0.3 is 0 Å². The van der Waals surface area contributed by atoms with Crippen LogP contribution in [0.25, 0.3) is 0 Å². The van der Waals surface area contributed by atoms with Crippen LogP contribution in [0.2, 0.25) is 18.1 Å². The van der Waals surface area contributed by atoms with Crippen molar-refractivity contribution in [3.63, 3.8) is 0 Å². The lowest BCUT2D eigenvalue weighted by Gasteiger charge is -2.36. The highest BCUT2D eigenvalue weighted by molar-refractivity contribution is 7.90. The fourth-order valence-corrected chi connectivity index (χ4v) is 6.06. The number of sulfonamides is 1. The van der Waals surface area contributed by atoms with Gasteiger partial charge in [-0.3, -0.25) is 4.68 Å². The Hall–Kier alpha value is -0.663. The molecule has 19 heavy (non-hydrogen) atoms. The van der Waals surface area contributed by atoms with Crippen LogP contribution in [0, 0.1) is 0 Å². The highest BCUT2D eigenvalue weighted by atomic mass is 32.2. The fraction of sp³-hybridized carbons (Fsp3) is 0.750. The molecule has 0 amide bonds. The summed E-state index contributed by atoms with van der Waals surface area (Å²) in [6.45, 7) is 14.2. The van der Waals surface area contributed by atoms with Gasteiger partial charge in [0.1, 0.15) is 8.24 Å². The summed E-state index contributed by atoms with van der Waals surface area (Å²) in [4.78, 5) is 0. The average molecular weight is 304 g/mol. The minimum absolute atomic E-state index is 0.0549. The summed E-state index contributed by atoms with van der Waals surface area (Å²) >= 11 is 0. The zero-order valence-corrected chi connectivity index (χ0v) is 14.7. The first-order valence-electron chi connectivity index (χ1n) is 6.46. The monoisotopic (exact) mass is 303 g/mol. The number of aromatic nitrogens is 2. The molecule has 0 saturated carbocycles. The van der Waals surface area contributed by atoms with Crippen molar-refractivity contribution in [3.8, 4) is 0 Å². The summed E-state index contributed by atoms with van der Waals surface area (Å²) < 4.78 is 29.3. The summed E-state index contributed by atoms with van der Waals surface area (Å²) in [6, 6.07) is 1.70. The van der Waals surface area contributed by atoms with Crippen LogP contribution in [0.1, 0.15) is 40.7 Å². The van der Waals surface area contributed by atoms with E-state index in [4.69, 9.17) is 0 Å². The predicted octanol–water partition coefficient (Wildman–Crippen LogP) is 2.75. The van der Waals surface area contributed by atoms with Crippen molar-refractivity contribution in [1.82, 2.24) is 14.2 Å². The van der Waals surface area contributed by atoms with E-state index >= 15 is 0 Å². The van der Waals surface area contributed by atoms with Gasteiger partial charge in [0.2, 0.25) is 0 Å². The van der Waals surface area contributed by atoms with E-state index < -0.39 is 18.3 Å². The quantitative estimate of drug-likeness (QED) is 0.870. The molecule has 0 bridgehead atoms. The van der Waals surface area contributed by atoms with Crippen LogP contribution in [-0.4, -0.2) is 26.4 Å². The molecule has 0 aromatic carbocycles. The van der Waals surface area contributed by atoms with Gasteiger partial charge in [-0.15, -0.1) is 0 Å². The summed E-state index contributed by atoms with van der Waals surface area (Å²) in [5.74, 6) is 0. The summed E-state index contributed by atoms with van der Waals surface area (Å²) in [6.07, 6.45) is 1.70. The maximum absolute atomic E-state index is 12.4. The minimum Gasteiger partial charge on any atom is -0.269 e. The zero-order chi connectivity index (χ0) is 15.1. The smallest absolute Gasteiger partial charge is 0.253 e. The minimum atomic E-state index is -3.53. The lowest BCUT2D eigenvalue weighted by atomic mass is 10.2. The Morgan fingerprint density at radius 3 is 2.21 bits per heavy atom. The van der Waals surface area contributed by atoms with Crippen LogP contribution < -0.4 is 4.39 Å². The normalized spacial score (nSPS) is 14.1. The molecule has 1 aromatic heterocycles. The summed E-state index contributed by atoms with van der Waals surface area (Å²) in [7, 11) is -5.66. The maximum atomic E-state index is 12.4. The van der Waals surface area contributed by atoms with Crippen molar-refractivity contribution in [1.29, 1.82) is 0 Å². The topological polar surface area (TPSA) is 64.0 Å². The van der Waals surface area contributed by atoms with E-state index in [2.05, 4.69) is 30.3 Å². The number of nitrogens with one attached hydrogen (secondary N) is 1. The van der Waals surface area contributed by atoms with Crippen molar-refractivity contribution in [2.45, 2.75) is 63.8 Å². The molecule has 1 rings (SSSR count). The molecule has 0 aliphatic carbocycles. The Kier molecular flexibility index (Phi) is 4.34. The molecule has 0 aliphatic heterocycles. The van der Waals surface area contributed by atoms with Gasteiger partial charge in [-0.05, 0) is 25.0 Å². The lowest BCUT2D eigenvalue weighted by molar-refractivity contribution is 0.515. The van der Waals surface area contributed by atoms with Gasteiger partial charge in [-0.1, -0.05) is 33.9 Å². The van der Waals surface area contributed by atoms with Crippen LogP contribution in [0.3, 0.4) is 0 Å². The van der Waals surface area contributed by atoms with Gasteiger partial charge in [0.15, 0.2) is 5.03 Å². The molecular formula is C12H25N3O2SSi. The Morgan fingerprint density at radius 2 is 1.84 bits per heavy atom. The Bertz CT molecular complexity index is 542. The van der Waals surface area contributed by atoms with Gasteiger partial charge in [-0.25, -0.2) is 12.8 Å². The van der Waals surface area contributed by atoms with Crippen LogP contribution in [0.5, 0.6) is 0 Å². The molecule has 0 fully saturated rings. The molecule has 5 nitrogen and oxygen atoms in total. The third kappa shape index (κ3) is 3.67. The molecule has 1 aromatic rings. The van der Waals surface area contributed by atoms with E-state index in [0.29, 0.717) is 0 Å². The van der Waals surface area contributed by atoms with Crippen LogP contribution in [-0.2, 0) is 10.0 Å². The fourth-order valence-electron chi connectivity index (χ4n) is 1.29. The van der Waals surface area contributed by atoms with Crippen molar-refractivity contribution in [2.75, 3.05) is 0 Å². The first-order valence-corrected chi connectivity index (χ1v) is 10.9. The van der Waals surface area contributed by atoms with E-state index in [1.54, 1.807) is 16.9 Å². The highest BCUT2D eigenvalue weighted by Crippen LogP contribution is 2.34. The molecule has 7 heteroatoms. The predicted molar refractivity (Wildman–Crippen MR) is 80.1 cm³/mol. The number of hydrogen-bond donors (Lipinski definition) is 1. The second-order valence-corrected chi connectivity index (χ2v) is 13.7. The summed E-state index contributed by atoms with van der Waals surface area (Å²) in [5, 5.41) is 4.18. The third-order valence-electron chi connectivity index (χ3n) is 3.65. The molecule has 0 atom stereocenters. The molecule has 0 radical (unpaired) electrons. The molecule has 0 saturated heterocycles. The third-order valence-corrected chi connectivity index (χ3v) is 11.3. The lowest BCUT2D eigenvalue weighted by Crippen LogP contribution is -2.54. The van der Waals surface area contributed by atoms with Crippen molar-refractivity contribution in [3.05, 3.63) is 12.3 Å². The molecule has 0 aliphatic rings. The average Bonchev–Trinajstić information content (AvgIpc) is 2.62. The van der Waals surface area contributed by atoms with Gasteiger partial charge in [-0.2, -0.15) is 5.10 Å². The maximum Gasteiger partial charge on any atom is 0.253 e. The van der Waals surface area contributed by atoms with E-state index in [1.165, 1.54) is 0 Å². The van der Waals surface area contributed by atoms with Gasteiger partial charge in [0, 0.05) is 12.2 Å². The standard InChI is InChI=1S/C12H25N3O2SSi/c1-10(2)15-9-8-11(13-15)18(16,17)14-19(6,7)12(3,4)5/h8-10,14H,1-7H3. The highest BCUT2D eigenvalue weighted by Gasteiger charge is 2.40. The Labute approximate surface area is 117 Å². The van der Waals surface area contributed by atoms with E-state index in [-0.39, 0.29) is 16.1 Å². The molecule has 0 spiro atoms. The Morgan fingerprint density at radius 1 is 1.32 bits per heavy atom. The SMILES string of the molecule is CC(C)n1ccc(S(=O)(=O)N[Si](C)(C)C(C)(C)C)n1. The van der Waals surface area contributed by atoms with Crippen LogP contribution >= 0.6 is 0 Å². The van der Waals surface area contributed by atoms with Gasteiger partial charge in [0.05, 0.1) is 0 Å². The zero-order valence-electron chi connectivity index (χ0n) is 12.9. The summed E-state index contributed by atoms with van der Waals surface area (Å²) in [5.41, 5.74) is 0. The molecule has 1 N–H and O–H groups in total. The number of rotatable bonds is 4. The van der Waals surface area contributed by atoms with Crippen molar-refractivity contribution in [2.24, 2.45) is 0 Å². The molecule has 1 heterocycles. The number of nitrogens with zero attached hydrogens (tertiary/aromatic N) is 2. The van der Waals surface area contributed by atoms with Crippen LogP contribution in [0.4, 0.5) is 0 Å². The first-order chi connectivity index (χ1) is 8.37. The van der Waals surface area contributed by atoms with Crippen molar-refractivity contribution < 1.29 is 8.42 Å². The van der Waals surface area contributed by atoms with E-state index in [9.17, 15) is 8.42 Å². The molecule has 0 unspecified atom stereocenters. The van der Waals surface area contributed by atoms with Crippen molar-refractivity contribution >= 4 is 18.3 Å². The largest absolute Gasteiger partial charge is 0.269 e. The molecule has 110 valence electrons. The van der Waals surface area contributed by atoms with Gasteiger partial charge in [0.25, 0.3) is 10.0 Å². The second kappa shape index (κ2) is 5.03. The van der Waals surface area contributed by atoms with E-state index in [0.717, 1.165) is 0 Å². The first kappa shape index (κ1) is 16.4. The second-order valence-electron chi connectivity index (χ2n) is 6.71. The van der Waals surface area contributed by atoms with E-state index in [1.807, 2.05) is 26.9 Å². The number of hydrogen-bond acceptors (Lipinski definition) is 3. The Balaban J connectivity index is 3.05.